The predicted octanol–water partition coefficient (Wildman–Crippen LogP) is 1.50. The van der Waals surface area contributed by atoms with Crippen molar-refractivity contribution >= 4 is 12.0 Å². The predicted molar refractivity (Wildman–Crippen MR) is 64.7 cm³/mol. The molecule has 1 aromatic rings. The Morgan fingerprint density at radius 3 is 2.56 bits per heavy atom. The number of hydrogen-bond acceptors (Lipinski definition) is 2. The van der Waals surface area contributed by atoms with Crippen LogP contribution in [-0.2, 0) is 11.2 Å². The number of hydrogen-bond donors (Lipinski definition) is 2. The third-order valence-electron chi connectivity index (χ3n) is 2.23. The summed E-state index contributed by atoms with van der Waals surface area (Å²) in [6.45, 7) is 0.222. The van der Waals surface area contributed by atoms with E-state index >= 15 is 0 Å². The highest BCUT2D eigenvalue weighted by atomic mass is 16.2. The van der Waals surface area contributed by atoms with Crippen LogP contribution >= 0.6 is 0 Å². The van der Waals surface area contributed by atoms with E-state index in [1.165, 1.54) is 5.56 Å². The number of carbonyl (C=O) groups excluding carboxylic acids is 1. The second-order valence-corrected chi connectivity index (χ2v) is 3.64. The van der Waals surface area contributed by atoms with Gasteiger partial charge < -0.3 is 10.8 Å². The molecule has 0 aliphatic carbocycles. The number of carbonyl (C=O) groups is 1. The molecule has 3 heteroatoms. The third-order valence-corrected chi connectivity index (χ3v) is 2.23. The Bertz CT molecular complexity index is 355. The van der Waals surface area contributed by atoms with E-state index in [1.807, 2.05) is 30.3 Å². The smallest absolute Gasteiger partial charge is 0.221 e. The van der Waals surface area contributed by atoms with Crippen LogP contribution in [0.2, 0.25) is 0 Å². The highest BCUT2D eigenvalue weighted by molar-refractivity contribution is 5.76. The van der Waals surface area contributed by atoms with Crippen molar-refractivity contribution in [2.45, 2.75) is 19.3 Å². The lowest BCUT2D eigenvalue weighted by Gasteiger charge is -2.00. The van der Waals surface area contributed by atoms with E-state index in [2.05, 4.69) is 0 Å². The van der Waals surface area contributed by atoms with E-state index in [1.54, 1.807) is 6.08 Å². The van der Waals surface area contributed by atoms with Crippen molar-refractivity contribution in [1.82, 2.24) is 0 Å². The Balaban J connectivity index is 2.50. The standard InChI is InChI=1S/C13H17NO2/c14-13(16)5-1-3-11-6-8-12(9-7-11)4-2-10-15/h1,3,6-9,15H,2,4-5,10H2,(H2,14,16). The Labute approximate surface area is 95.6 Å². The minimum Gasteiger partial charge on any atom is -0.396 e. The van der Waals surface area contributed by atoms with E-state index in [0.29, 0.717) is 0 Å². The van der Waals surface area contributed by atoms with Crippen LogP contribution in [-0.4, -0.2) is 17.6 Å². The molecule has 0 aromatic heterocycles. The Kier molecular flexibility index (Phi) is 5.29. The molecule has 0 fully saturated rings. The van der Waals surface area contributed by atoms with Crippen LogP contribution in [0.1, 0.15) is 24.0 Å². The zero-order chi connectivity index (χ0) is 11.8. The van der Waals surface area contributed by atoms with Gasteiger partial charge in [0.2, 0.25) is 5.91 Å². The molecule has 1 amide bonds. The van der Waals surface area contributed by atoms with Crippen LogP contribution in [0.15, 0.2) is 30.3 Å². The van der Waals surface area contributed by atoms with E-state index in [0.717, 1.165) is 18.4 Å². The number of aryl methyl sites for hydroxylation is 1. The molecule has 3 nitrogen and oxygen atoms in total. The van der Waals surface area contributed by atoms with Gasteiger partial charge in [-0.1, -0.05) is 36.4 Å². The summed E-state index contributed by atoms with van der Waals surface area (Å²) in [5, 5.41) is 8.70. The molecule has 0 atom stereocenters. The van der Waals surface area contributed by atoms with Crippen LogP contribution in [0.25, 0.3) is 6.08 Å². The van der Waals surface area contributed by atoms with Gasteiger partial charge in [-0.05, 0) is 24.0 Å². The van der Waals surface area contributed by atoms with Gasteiger partial charge in [-0.15, -0.1) is 0 Å². The van der Waals surface area contributed by atoms with Gasteiger partial charge in [0.25, 0.3) is 0 Å². The second kappa shape index (κ2) is 6.80. The summed E-state index contributed by atoms with van der Waals surface area (Å²) >= 11 is 0. The highest BCUT2D eigenvalue weighted by Gasteiger charge is 1.93. The lowest BCUT2D eigenvalue weighted by Crippen LogP contribution is -2.07. The normalized spacial score (nSPS) is 10.8. The molecule has 0 aliphatic heterocycles. The molecule has 16 heavy (non-hydrogen) atoms. The minimum atomic E-state index is -0.323. The monoisotopic (exact) mass is 219 g/mol. The van der Waals surface area contributed by atoms with Gasteiger partial charge in [0.05, 0.1) is 0 Å². The molecule has 1 rings (SSSR count). The highest BCUT2D eigenvalue weighted by Crippen LogP contribution is 2.08. The fourth-order valence-electron chi connectivity index (χ4n) is 1.39. The quantitative estimate of drug-likeness (QED) is 0.761. The first-order valence-corrected chi connectivity index (χ1v) is 5.37. The van der Waals surface area contributed by atoms with Crippen molar-refractivity contribution in [2.24, 2.45) is 5.73 Å². The van der Waals surface area contributed by atoms with Crippen LogP contribution in [0.4, 0.5) is 0 Å². The molecule has 0 unspecified atom stereocenters. The molecule has 3 N–H and O–H groups in total. The number of aliphatic hydroxyl groups excluding tert-OH is 1. The molecule has 0 radical (unpaired) electrons. The van der Waals surface area contributed by atoms with Crippen molar-refractivity contribution in [3.8, 4) is 0 Å². The average molecular weight is 219 g/mol. The fraction of sp³-hybridized carbons (Fsp3) is 0.308. The van der Waals surface area contributed by atoms with Gasteiger partial charge >= 0.3 is 0 Å². The van der Waals surface area contributed by atoms with Crippen LogP contribution < -0.4 is 5.73 Å². The zero-order valence-corrected chi connectivity index (χ0v) is 9.23. The number of nitrogens with two attached hydrogens (primary N) is 1. The number of rotatable bonds is 6. The first-order valence-electron chi connectivity index (χ1n) is 5.37. The van der Waals surface area contributed by atoms with Gasteiger partial charge in [0, 0.05) is 13.0 Å². The Morgan fingerprint density at radius 2 is 2.00 bits per heavy atom. The van der Waals surface area contributed by atoms with Crippen molar-refractivity contribution in [3.05, 3.63) is 41.5 Å². The van der Waals surface area contributed by atoms with Crippen LogP contribution in [0.5, 0.6) is 0 Å². The molecule has 0 saturated carbocycles. The van der Waals surface area contributed by atoms with Gasteiger partial charge in [0.1, 0.15) is 0 Å². The van der Waals surface area contributed by atoms with Crippen LogP contribution in [0, 0.1) is 0 Å². The first kappa shape index (κ1) is 12.5. The average Bonchev–Trinajstić information content (AvgIpc) is 2.27. The minimum absolute atomic E-state index is 0.222. The summed E-state index contributed by atoms with van der Waals surface area (Å²) in [6, 6.07) is 8.04. The first-order chi connectivity index (χ1) is 7.72. The molecule has 0 heterocycles. The molecule has 0 aliphatic rings. The Hall–Kier alpha value is -1.61. The van der Waals surface area contributed by atoms with E-state index in [4.69, 9.17) is 10.8 Å². The van der Waals surface area contributed by atoms with Crippen molar-refractivity contribution < 1.29 is 9.90 Å². The summed E-state index contributed by atoms with van der Waals surface area (Å²) in [4.78, 5) is 10.5. The maximum atomic E-state index is 10.5. The van der Waals surface area contributed by atoms with Gasteiger partial charge in [-0.3, -0.25) is 4.79 Å². The number of benzene rings is 1. The molecule has 86 valence electrons. The summed E-state index contributed by atoms with van der Waals surface area (Å²) in [5.41, 5.74) is 7.28. The van der Waals surface area contributed by atoms with Gasteiger partial charge in [-0.2, -0.15) is 0 Å². The molecular formula is C13H17NO2. The largest absolute Gasteiger partial charge is 0.396 e. The summed E-state index contributed by atoms with van der Waals surface area (Å²) in [7, 11) is 0. The maximum Gasteiger partial charge on any atom is 0.221 e. The number of primary amides is 1. The SMILES string of the molecule is NC(=O)CC=Cc1ccc(CCCO)cc1. The maximum absolute atomic E-state index is 10.5. The van der Waals surface area contributed by atoms with Crippen molar-refractivity contribution in [1.29, 1.82) is 0 Å². The lowest BCUT2D eigenvalue weighted by atomic mass is 10.1. The molecule has 0 saturated heterocycles. The Morgan fingerprint density at radius 1 is 1.31 bits per heavy atom. The molecule has 0 spiro atoms. The van der Waals surface area contributed by atoms with E-state index in [-0.39, 0.29) is 18.9 Å². The second-order valence-electron chi connectivity index (χ2n) is 3.64. The molecular weight excluding hydrogens is 202 g/mol. The van der Waals surface area contributed by atoms with Crippen LogP contribution in [0.3, 0.4) is 0 Å². The fourth-order valence-corrected chi connectivity index (χ4v) is 1.39. The lowest BCUT2D eigenvalue weighted by molar-refractivity contribution is -0.117. The van der Waals surface area contributed by atoms with Crippen molar-refractivity contribution in [2.75, 3.05) is 6.61 Å². The van der Waals surface area contributed by atoms with Gasteiger partial charge in [0.15, 0.2) is 0 Å². The number of aliphatic hydroxyl groups is 1. The zero-order valence-electron chi connectivity index (χ0n) is 9.23. The van der Waals surface area contributed by atoms with Gasteiger partial charge in [-0.25, -0.2) is 0 Å². The molecule has 0 bridgehead atoms. The summed E-state index contributed by atoms with van der Waals surface area (Å²) in [5.74, 6) is -0.323. The summed E-state index contributed by atoms with van der Waals surface area (Å²) in [6.07, 6.45) is 5.58. The molecule has 1 aromatic carbocycles. The van der Waals surface area contributed by atoms with E-state index < -0.39 is 0 Å². The topological polar surface area (TPSA) is 63.3 Å². The summed E-state index contributed by atoms with van der Waals surface area (Å²) < 4.78 is 0. The number of amides is 1. The third kappa shape index (κ3) is 4.75. The van der Waals surface area contributed by atoms with Crippen molar-refractivity contribution in [3.63, 3.8) is 0 Å². The van der Waals surface area contributed by atoms with E-state index in [9.17, 15) is 4.79 Å².